The minimum Gasteiger partial charge on any atom is -0.493 e. The quantitative estimate of drug-likeness (QED) is 0.0252. The monoisotopic (exact) mass is 1700 g/mol. The number of carbonyl (C=O) groups is 4. The minimum absolute atomic E-state index is 0.0319. The summed E-state index contributed by atoms with van der Waals surface area (Å²) in [4.78, 5) is 50.6. The van der Waals surface area contributed by atoms with Crippen LogP contribution in [0.5, 0.6) is 23.0 Å². The van der Waals surface area contributed by atoms with Gasteiger partial charge in [-0.15, -0.1) is 0 Å². The number of rotatable bonds is 28. The first-order valence-corrected chi connectivity index (χ1v) is 40.0. The van der Waals surface area contributed by atoms with Crippen molar-refractivity contribution in [3.05, 3.63) is 93.0 Å². The van der Waals surface area contributed by atoms with Crippen LogP contribution in [0.25, 0.3) is 0 Å². The number of nitrogens with one attached hydrogen (secondary N) is 12. The molecule has 20 atom stereocenters. The van der Waals surface area contributed by atoms with Crippen molar-refractivity contribution in [2.75, 3.05) is 74.1 Å². The van der Waals surface area contributed by atoms with Gasteiger partial charge in [0, 0.05) is 121 Å². The van der Waals surface area contributed by atoms with Gasteiger partial charge in [-0.2, -0.15) is 0 Å². The fraction of sp³-hybridized carbons (Fsp3) is 0.579. The lowest BCUT2D eigenvalue weighted by atomic mass is 9.90. The average Bonchev–Trinajstić information content (AvgIpc) is 0.753. The summed E-state index contributed by atoms with van der Waals surface area (Å²) in [6.07, 6.45) is -21.7. The molecule has 4 aromatic rings. The number of fused-ring (bicyclic) bond motifs is 8. The second-order valence-electron chi connectivity index (χ2n) is 28.9. The Labute approximate surface area is 692 Å². The summed E-state index contributed by atoms with van der Waals surface area (Å²) in [5, 5.41) is 166. The van der Waals surface area contributed by atoms with Crippen LogP contribution in [0.2, 0.25) is 0 Å². The van der Waals surface area contributed by atoms with Gasteiger partial charge in [0.2, 0.25) is 23.6 Å². The van der Waals surface area contributed by atoms with Crippen molar-refractivity contribution >= 4 is 116 Å². The Balaban J connectivity index is 1.30. The van der Waals surface area contributed by atoms with E-state index in [0.717, 1.165) is 0 Å². The number of amides is 4. The summed E-state index contributed by atoms with van der Waals surface area (Å²) in [6, 6.07) is 9.18. The summed E-state index contributed by atoms with van der Waals surface area (Å²) < 4.78 is 52.1. The van der Waals surface area contributed by atoms with Crippen LogP contribution in [-0.2, 0) is 63.8 Å². The van der Waals surface area contributed by atoms with Crippen LogP contribution in [0.1, 0.15) is 126 Å². The summed E-state index contributed by atoms with van der Waals surface area (Å²) >= 11 is 24.2. The SMILES string of the molecule is CCCOc1c2cc(NC(=S)NC3OC(CO)C(O)C(O)C3NC(C)=O)cc1Cc1cc(NC(=S)NC3OC(CO)C(O)C(O)C3NC(C)=O)cc(c1OCCC)Cc1cc(NC(=S)NC3OC(CO)C(O)C(O)C3NC(C)=O)cc(c1OCCC)Cc1cc(NC(=S)NC3OC(CO)C(O)C(O)C3NC(C)=O)cc(c1OCCC)C2. The van der Waals surface area contributed by atoms with Crippen molar-refractivity contribution in [2.24, 2.45) is 0 Å². The number of hydrogen-bond acceptors (Lipinski definition) is 28. The molecule has 5 aliphatic rings. The minimum atomic E-state index is -1.64. The highest BCUT2D eigenvalue weighted by molar-refractivity contribution is 7.81. The zero-order chi connectivity index (χ0) is 84.5. The molecule has 9 rings (SSSR count). The molecule has 4 aliphatic heterocycles. The van der Waals surface area contributed by atoms with Gasteiger partial charge in [0.1, 0.15) is 120 Å². The van der Waals surface area contributed by atoms with E-state index in [-0.39, 0.29) is 72.6 Å². The van der Waals surface area contributed by atoms with Crippen LogP contribution in [0, 0.1) is 0 Å². The van der Waals surface area contributed by atoms with Gasteiger partial charge in [-0.1, -0.05) is 27.7 Å². The van der Waals surface area contributed by atoms with E-state index in [2.05, 4.69) is 63.8 Å². The van der Waals surface area contributed by atoms with E-state index in [9.17, 15) is 80.5 Å². The number of anilines is 4. The van der Waals surface area contributed by atoms with Crippen molar-refractivity contribution in [2.45, 2.75) is 229 Å². The number of ether oxygens (including phenoxy) is 8. The first-order valence-electron chi connectivity index (χ1n) is 38.4. The lowest BCUT2D eigenvalue weighted by molar-refractivity contribution is -0.198. The third-order valence-electron chi connectivity index (χ3n) is 19.6. The first-order chi connectivity index (χ1) is 55.3. The third kappa shape index (κ3) is 23.3. The van der Waals surface area contributed by atoms with Crippen LogP contribution in [-0.4, -0.2) is 281 Å². The van der Waals surface area contributed by atoms with Gasteiger partial charge >= 0.3 is 0 Å². The van der Waals surface area contributed by atoms with Crippen molar-refractivity contribution < 1.29 is 118 Å². The average molecular weight is 1700 g/mol. The molecular formula is C76H108N12O24S4. The highest BCUT2D eigenvalue weighted by atomic mass is 32.1. The number of hydrogen-bond donors (Lipinski definition) is 24. The van der Waals surface area contributed by atoms with E-state index in [1.54, 1.807) is 48.5 Å². The Morgan fingerprint density at radius 3 is 0.638 bits per heavy atom. The Bertz CT molecular complexity index is 3520. The van der Waals surface area contributed by atoms with E-state index >= 15 is 0 Å². The zero-order valence-electron chi connectivity index (χ0n) is 65.4. The normalized spacial score (nSPS) is 27.6. The summed E-state index contributed by atoms with van der Waals surface area (Å²) in [5.74, 6) is -0.756. The molecule has 36 nitrogen and oxygen atoms in total. The fourth-order valence-electron chi connectivity index (χ4n) is 14.5. The summed E-state index contributed by atoms with van der Waals surface area (Å²) in [7, 11) is 0. The Morgan fingerprint density at radius 1 is 0.319 bits per heavy atom. The third-order valence-corrected chi connectivity index (χ3v) is 20.5. The van der Waals surface area contributed by atoms with Crippen molar-refractivity contribution in [1.29, 1.82) is 0 Å². The molecule has 0 radical (unpaired) electrons. The highest BCUT2D eigenvalue weighted by Crippen LogP contribution is 2.44. The fourth-order valence-corrected chi connectivity index (χ4v) is 15.4. The van der Waals surface area contributed by atoms with Gasteiger partial charge < -0.3 is 163 Å². The molecule has 640 valence electrons. The van der Waals surface area contributed by atoms with E-state index in [1.165, 1.54) is 27.7 Å². The largest absolute Gasteiger partial charge is 0.493 e. The van der Waals surface area contributed by atoms with Crippen LogP contribution in [0.3, 0.4) is 0 Å². The van der Waals surface area contributed by atoms with Crippen molar-refractivity contribution in [3.63, 3.8) is 0 Å². The Hall–Kier alpha value is -7.92. The second kappa shape index (κ2) is 42.7. The molecule has 24 N–H and O–H groups in total. The van der Waals surface area contributed by atoms with E-state index in [0.29, 0.717) is 116 Å². The molecule has 4 fully saturated rings. The lowest BCUT2D eigenvalue weighted by Gasteiger charge is -2.43. The van der Waals surface area contributed by atoms with Gasteiger partial charge in [-0.3, -0.25) is 19.2 Å². The zero-order valence-corrected chi connectivity index (χ0v) is 68.6. The van der Waals surface area contributed by atoms with Gasteiger partial charge in [-0.25, -0.2) is 0 Å². The van der Waals surface area contributed by atoms with E-state index in [1.807, 2.05) is 27.7 Å². The predicted molar refractivity (Wildman–Crippen MR) is 439 cm³/mol. The van der Waals surface area contributed by atoms with Gasteiger partial charge in [0.05, 0.1) is 52.9 Å². The number of benzene rings is 4. The smallest absolute Gasteiger partial charge is 0.217 e. The van der Waals surface area contributed by atoms with Crippen LogP contribution in [0.4, 0.5) is 22.7 Å². The number of carbonyl (C=O) groups excluding carboxylic acids is 4. The highest BCUT2D eigenvalue weighted by Gasteiger charge is 2.49. The van der Waals surface area contributed by atoms with E-state index < -0.39 is 172 Å². The number of thiocarbonyl (C=S) groups is 4. The van der Waals surface area contributed by atoms with E-state index in [4.69, 9.17) is 86.8 Å². The number of aliphatic hydroxyl groups is 12. The Kier molecular flexibility index (Phi) is 33.8. The molecule has 4 amide bonds. The van der Waals surface area contributed by atoms with Crippen LogP contribution >= 0.6 is 48.9 Å². The first kappa shape index (κ1) is 92.0. The molecule has 20 unspecified atom stereocenters. The van der Waals surface area contributed by atoms with Crippen molar-refractivity contribution in [1.82, 2.24) is 42.5 Å². The molecule has 0 aromatic heterocycles. The standard InChI is InChI=1S/C76H108N12O24S4/c1-9-13-105-65-37-17-39-23-46(82-74(114)86-70-54(78-34(6)94)62(102)58(98)50(30-90)110-70)25-41(66(39)106-14-10-2)19-43-27-48(84-76(116)88-72-56(80-36(8)96)64(104)60(100)52(32-92)112-72)28-44(68(43)108-16-12-4)20-42-26-47(83-75(115)87-71-55(79-35(7)95)63(103)59(99)51(31-91)111-71)24-40(67(42)107-15-11-3)18-38(65)22-45(21-37)81-73(113)85-69-53(77-33(5)93)61(101)57(97)49(29-89)109-69/h21-28,49-64,69-72,89-92,97-104H,9-20,29-32H2,1-8H3,(H,77,93)(H,78,94)(H,79,95)(H,80,96)(H2,81,85,113)(H2,82,86,114)(H2,83,87,115)(H2,84,88,116). The van der Waals surface area contributed by atoms with Gasteiger partial charge in [0.25, 0.3) is 0 Å². The molecule has 4 heterocycles. The van der Waals surface area contributed by atoms with Crippen molar-refractivity contribution in [3.8, 4) is 23.0 Å². The van der Waals surface area contributed by atoms with Crippen LogP contribution in [0.15, 0.2) is 48.5 Å². The Morgan fingerprint density at radius 2 is 0.491 bits per heavy atom. The maximum absolute atomic E-state index is 12.7. The molecular weight excluding hydrogens is 1590 g/mol. The van der Waals surface area contributed by atoms with Crippen LogP contribution < -0.4 is 82.7 Å². The predicted octanol–water partition coefficient (Wildman–Crippen LogP) is -1.56. The molecule has 4 aromatic carbocycles. The maximum atomic E-state index is 12.7. The topological polar surface area (TPSA) is 529 Å². The molecule has 0 spiro atoms. The lowest BCUT2D eigenvalue weighted by Crippen LogP contribution is -2.68. The molecule has 0 saturated carbocycles. The second-order valence-corrected chi connectivity index (χ2v) is 30.6. The molecule has 116 heavy (non-hydrogen) atoms. The number of aliphatic hydroxyl groups excluding tert-OH is 12. The van der Waals surface area contributed by atoms with Gasteiger partial charge in [0.15, 0.2) is 45.4 Å². The summed E-state index contributed by atoms with van der Waals surface area (Å²) in [5.41, 5.74) is 5.46. The van der Waals surface area contributed by atoms with Gasteiger partial charge in [-0.05, 0) is 123 Å². The molecule has 8 bridgehead atoms. The maximum Gasteiger partial charge on any atom is 0.217 e. The molecule has 4 saturated heterocycles. The molecule has 1 aliphatic carbocycles. The molecule has 40 heteroatoms. The summed E-state index contributed by atoms with van der Waals surface area (Å²) in [6.45, 7) is 10.4.